The van der Waals surface area contributed by atoms with Crippen molar-refractivity contribution in [1.82, 2.24) is 14.8 Å². The fourth-order valence-corrected chi connectivity index (χ4v) is 3.98. The van der Waals surface area contributed by atoms with Crippen molar-refractivity contribution >= 4 is 32.6 Å². The molecule has 0 unspecified atom stereocenters. The second kappa shape index (κ2) is 8.06. The van der Waals surface area contributed by atoms with Gasteiger partial charge < -0.3 is 4.74 Å². The van der Waals surface area contributed by atoms with Crippen molar-refractivity contribution in [2.24, 2.45) is 0 Å². The largest absolute Gasteiger partial charge is 0.494 e. The predicted octanol–water partition coefficient (Wildman–Crippen LogP) is 5.78. The second-order valence-corrected chi connectivity index (χ2v) is 7.68. The molecule has 2 heterocycles. The zero-order valence-electron chi connectivity index (χ0n) is 16.5. The average Bonchev–Trinajstić information content (AvgIpc) is 3.37. The van der Waals surface area contributed by atoms with Gasteiger partial charge in [0.05, 0.1) is 34.8 Å². The van der Waals surface area contributed by atoms with E-state index in [0.717, 1.165) is 29.5 Å². The highest BCUT2D eigenvalue weighted by atomic mass is 32.1. The van der Waals surface area contributed by atoms with Crippen LogP contribution in [0.1, 0.15) is 21.6 Å². The molecule has 0 atom stereocenters. The summed E-state index contributed by atoms with van der Waals surface area (Å²) in [6.45, 7) is 0. The first-order valence-corrected chi connectivity index (χ1v) is 9.88. The number of fused-ring (bicyclic) bond motifs is 1. The maximum Gasteiger partial charge on any atom is 0.434 e. The fraction of sp³-hybridized carbons (Fsp3) is 0.150. The maximum absolute atomic E-state index is 13.8. The molecule has 33 heavy (non-hydrogen) atoms. The first kappa shape index (κ1) is 22.6. The Hall–Kier alpha value is -3.61. The number of aromatic nitrogens is 3. The number of benzene rings is 2. The molecule has 172 valence electrons. The Labute approximate surface area is 185 Å². The molecule has 6 nitrogen and oxygen atoms in total. The van der Waals surface area contributed by atoms with E-state index >= 15 is 0 Å². The minimum atomic E-state index is -5.09. The summed E-state index contributed by atoms with van der Waals surface area (Å²) in [7, 11) is 1.42. The highest BCUT2D eigenvalue weighted by Crippen LogP contribution is 2.37. The van der Waals surface area contributed by atoms with E-state index in [-0.39, 0.29) is 9.81 Å². The summed E-state index contributed by atoms with van der Waals surface area (Å²) in [4.78, 5) is 16.8. The van der Waals surface area contributed by atoms with E-state index in [4.69, 9.17) is 4.74 Å². The van der Waals surface area contributed by atoms with E-state index in [0.29, 0.717) is 28.2 Å². The summed E-state index contributed by atoms with van der Waals surface area (Å²) in [5.74, 6) is -0.754. The van der Waals surface area contributed by atoms with Gasteiger partial charge in [-0.25, -0.2) is 9.67 Å². The van der Waals surface area contributed by atoms with Gasteiger partial charge in [0.2, 0.25) is 0 Å². The van der Waals surface area contributed by atoms with Crippen molar-refractivity contribution < 1.29 is 35.9 Å². The van der Waals surface area contributed by atoms with Gasteiger partial charge in [-0.1, -0.05) is 23.5 Å². The van der Waals surface area contributed by atoms with Gasteiger partial charge in [-0.05, 0) is 30.3 Å². The number of nitrogens with one attached hydrogen (secondary N) is 1. The minimum absolute atomic E-state index is 0.0134. The number of hydrogen-bond acceptors (Lipinski definition) is 5. The zero-order chi connectivity index (χ0) is 24.0. The van der Waals surface area contributed by atoms with Gasteiger partial charge in [-0.3, -0.25) is 10.1 Å². The number of nitrogens with zero attached hydrogens (tertiary/aromatic N) is 3. The molecule has 1 N–H and O–H groups in total. The summed E-state index contributed by atoms with van der Waals surface area (Å²) in [6.07, 6.45) is -9.21. The van der Waals surface area contributed by atoms with Crippen LogP contribution in [-0.2, 0) is 12.4 Å². The van der Waals surface area contributed by atoms with Gasteiger partial charge in [0.1, 0.15) is 11.3 Å². The van der Waals surface area contributed by atoms with Crippen molar-refractivity contribution in [2.75, 3.05) is 12.4 Å². The maximum atomic E-state index is 13.8. The van der Waals surface area contributed by atoms with Crippen LogP contribution >= 0.6 is 11.3 Å². The van der Waals surface area contributed by atoms with Crippen LogP contribution in [0.5, 0.6) is 5.75 Å². The molecular weight excluding hydrogens is 474 g/mol. The van der Waals surface area contributed by atoms with Crippen molar-refractivity contribution in [2.45, 2.75) is 12.4 Å². The Bertz CT molecular complexity index is 1340. The highest BCUT2D eigenvalue weighted by Gasteiger charge is 2.41. The second-order valence-electron chi connectivity index (χ2n) is 6.64. The Morgan fingerprint density at radius 1 is 1.06 bits per heavy atom. The van der Waals surface area contributed by atoms with E-state index in [1.807, 2.05) is 0 Å². The van der Waals surface area contributed by atoms with E-state index in [1.54, 1.807) is 18.2 Å². The van der Waals surface area contributed by atoms with E-state index in [9.17, 15) is 31.1 Å². The van der Waals surface area contributed by atoms with E-state index in [1.165, 1.54) is 7.11 Å². The lowest BCUT2D eigenvalue weighted by atomic mass is 10.1. The monoisotopic (exact) mass is 486 g/mol. The topological polar surface area (TPSA) is 69.0 Å². The van der Waals surface area contributed by atoms with Gasteiger partial charge in [-0.15, -0.1) is 0 Å². The lowest BCUT2D eigenvalue weighted by Crippen LogP contribution is -2.21. The number of ether oxygens (including phenoxy) is 1. The standard InChI is InChI=1S/C20H12F6N4O2S/c1-32-13-6-3-7-14-15(13)28-18(33-14)29-17(31)12-9-27-30(16(12)20(24,25)26)11-5-2-4-10(8-11)19(21,22)23/h2-9H,1H3,(H,28,29,31). The minimum Gasteiger partial charge on any atom is -0.494 e. The molecule has 13 heteroatoms. The van der Waals surface area contributed by atoms with Crippen molar-refractivity contribution in [3.63, 3.8) is 0 Å². The number of carbonyl (C=O) groups is 1. The summed E-state index contributed by atoms with van der Waals surface area (Å²) in [5, 5.41) is 5.85. The summed E-state index contributed by atoms with van der Waals surface area (Å²) in [5.41, 5.74) is -3.63. The molecule has 0 aliphatic rings. The molecule has 2 aromatic heterocycles. The van der Waals surface area contributed by atoms with Crippen LogP contribution < -0.4 is 10.1 Å². The summed E-state index contributed by atoms with van der Waals surface area (Å²) < 4.78 is 86.6. The first-order valence-electron chi connectivity index (χ1n) is 9.07. The number of alkyl halides is 6. The number of carbonyl (C=O) groups excluding carboxylic acids is 1. The average molecular weight is 486 g/mol. The molecule has 0 saturated heterocycles. The van der Waals surface area contributed by atoms with Crippen molar-refractivity contribution in [3.05, 3.63) is 65.5 Å². The van der Waals surface area contributed by atoms with Crippen LogP contribution in [-0.4, -0.2) is 27.8 Å². The molecule has 0 saturated carbocycles. The quantitative estimate of drug-likeness (QED) is 0.372. The molecule has 4 aromatic rings. The third kappa shape index (κ3) is 4.35. The molecule has 0 radical (unpaired) electrons. The lowest BCUT2D eigenvalue weighted by Gasteiger charge is -2.14. The SMILES string of the molecule is COc1cccc2sc(NC(=O)c3cnn(-c4cccc(C(F)(F)F)c4)c3C(F)(F)F)nc12. The number of amides is 1. The van der Waals surface area contributed by atoms with Crippen LogP contribution in [0, 0.1) is 0 Å². The van der Waals surface area contributed by atoms with Gasteiger partial charge in [-0.2, -0.15) is 31.4 Å². The van der Waals surface area contributed by atoms with Crippen LogP contribution in [0.4, 0.5) is 31.5 Å². The first-order chi connectivity index (χ1) is 15.5. The molecule has 0 aliphatic heterocycles. The number of thiazole rings is 1. The molecule has 0 aliphatic carbocycles. The lowest BCUT2D eigenvalue weighted by molar-refractivity contribution is -0.143. The van der Waals surface area contributed by atoms with E-state index in [2.05, 4.69) is 15.4 Å². The number of methoxy groups -OCH3 is 1. The summed E-state index contributed by atoms with van der Waals surface area (Å²) in [6, 6.07) is 8.23. The zero-order valence-corrected chi connectivity index (χ0v) is 17.3. The smallest absolute Gasteiger partial charge is 0.434 e. The Kier molecular flexibility index (Phi) is 5.52. The fourth-order valence-electron chi connectivity index (χ4n) is 3.10. The van der Waals surface area contributed by atoms with Gasteiger partial charge in [0.15, 0.2) is 10.8 Å². The number of anilines is 1. The van der Waals surface area contributed by atoms with Crippen LogP contribution in [0.2, 0.25) is 0 Å². The van der Waals surface area contributed by atoms with Crippen molar-refractivity contribution in [3.8, 4) is 11.4 Å². The van der Waals surface area contributed by atoms with Crippen LogP contribution in [0.3, 0.4) is 0 Å². The molecule has 0 fully saturated rings. The predicted molar refractivity (Wildman–Crippen MR) is 108 cm³/mol. The molecule has 4 rings (SSSR count). The number of para-hydroxylation sites is 1. The van der Waals surface area contributed by atoms with E-state index < -0.39 is 40.8 Å². The normalized spacial score (nSPS) is 12.2. The van der Waals surface area contributed by atoms with Gasteiger partial charge in [0, 0.05) is 0 Å². The molecule has 0 bridgehead atoms. The molecule has 0 spiro atoms. The highest BCUT2D eigenvalue weighted by molar-refractivity contribution is 7.22. The van der Waals surface area contributed by atoms with Gasteiger partial charge >= 0.3 is 12.4 Å². The molecule has 2 aromatic carbocycles. The van der Waals surface area contributed by atoms with Gasteiger partial charge in [0.25, 0.3) is 5.91 Å². The third-order valence-corrected chi connectivity index (χ3v) is 5.46. The number of hydrogen-bond donors (Lipinski definition) is 1. The Balaban J connectivity index is 1.73. The Morgan fingerprint density at radius 3 is 2.45 bits per heavy atom. The molecule has 1 amide bonds. The number of halogens is 6. The molecular formula is C20H12F6N4O2S. The van der Waals surface area contributed by atoms with Crippen molar-refractivity contribution in [1.29, 1.82) is 0 Å². The third-order valence-electron chi connectivity index (χ3n) is 4.52. The summed E-state index contributed by atoms with van der Waals surface area (Å²) >= 11 is 1.01. The van der Waals surface area contributed by atoms with Crippen LogP contribution in [0.25, 0.3) is 15.9 Å². The van der Waals surface area contributed by atoms with Crippen LogP contribution in [0.15, 0.2) is 48.7 Å². The number of rotatable bonds is 4. The Morgan fingerprint density at radius 2 is 1.79 bits per heavy atom.